The van der Waals surface area contributed by atoms with Crippen molar-refractivity contribution in [2.45, 2.75) is 56.8 Å². The van der Waals surface area contributed by atoms with E-state index < -0.39 is 15.9 Å². The predicted molar refractivity (Wildman–Crippen MR) is 79.5 cm³/mol. The lowest BCUT2D eigenvalue weighted by atomic mass is 9.83. The highest BCUT2D eigenvalue weighted by molar-refractivity contribution is 7.91. The summed E-state index contributed by atoms with van der Waals surface area (Å²) in [6, 6.07) is 0. The molecular weight excluding hydrogens is 296 g/mol. The van der Waals surface area contributed by atoms with Crippen molar-refractivity contribution in [3.05, 3.63) is 10.6 Å². The summed E-state index contributed by atoms with van der Waals surface area (Å²) in [4.78, 5) is 0.805. The molecule has 1 aliphatic carbocycles. The molecule has 1 aromatic heterocycles. The van der Waals surface area contributed by atoms with E-state index in [1.54, 1.807) is 0 Å². The normalized spacial score (nSPS) is 25.9. The number of hydrogen-bond donors (Lipinski definition) is 1. The van der Waals surface area contributed by atoms with E-state index in [-0.39, 0.29) is 17.1 Å². The van der Waals surface area contributed by atoms with Gasteiger partial charge in [-0.25, -0.2) is 8.42 Å². The highest BCUT2D eigenvalue weighted by Gasteiger charge is 2.35. The van der Waals surface area contributed by atoms with Gasteiger partial charge in [-0.3, -0.25) is 0 Å². The van der Waals surface area contributed by atoms with E-state index in [1.807, 2.05) is 13.8 Å². The van der Waals surface area contributed by atoms with Gasteiger partial charge in [-0.1, -0.05) is 24.8 Å². The van der Waals surface area contributed by atoms with Crippen LogP contribution in [0.15, 0.2) is 0 Å². The molecule has 0 saturated heterocycles. The van der Waals surface area contributed by atoms with E-state index in [2.05, 4.69) is 9.59 Å². The van der Waals surface area contributed by atoms with Crippen molar-refractivity contribution < 1.29 is 13.5 Å². The van der Waals surface area contributed by atoms with E-state index in [4.69, 9.17) is 0 Å². The number of hydrogen-bond acceptors (Lipinski definition) is 6. The fourth-order valence-corrected chi connectivity index (χ4v) is 4.96. The van der Waals surface area contributed by atoms with Gasteiger partial charge in [0.2, 0.25) is 0 Å². The molecule has 0 bridgehead atoms. The van der Waals surface area contributed by atoms with Crippen molar-refractivity contribution in [2.75, 3.05) is 6.26 Å². The van der Waals surface area contributed by atoms with Gasteiger partial charge >= 0.3 is 0 Å². The number of aromatic nitrogens is 2. The van der Waals surface area contributed by atoms with Crippen LogP contribution in [0.5, 0.6) is 0 Å². The number of nitrogens with zero attached hydrogens (tertiary/aromatic N) is 2. The number of aliphatic hydroxyl groups excluding tert-OH is 1. The fraction of sp³-hybridized carbons (Fsp3) is 0.846. The van der Waals surface area contributed by atoms with Crippen molar-refractivity contribution >= 4 is 21.4 Å². The molecule has 2 rings (SSSR count). The number of sulfone groups is 1. The molecule has 1 aromatic rings. The lowest BCUT2D eigenvalue weighted by Gasteiger charge is -2.31. The molecule has 5 nitrogen and oxygen atoms in total. The van der Waals surface area contributed by atoms with Gasteiger partial charge < -0.3 is 5.11 Å². The van der Waals surface area contributed by atoms with E-state index >= 15 is 0 Å². The smallest absolute Gasteiger partial charge is 0.150 e. The molecule has 7 heteroatoms. The first kappa shape index (κ1) is 15.9. The molecule has 1 N–H and O–H groups in total. The second-order valence-electron chi connectivity index (χ2n) is 6.00. The Morgan fingerprint density at radius 3 is 2.65 bits per heavy atom. The summed E-state index contributed by atoms with van der Waals surface area (Å²) in [7, 11) is -3.03. The van der Waals surface area contributed by atoms with Crippen LogP contribution >= 0.6 is 11.5 Å². The Balaban J connectivity index is 2.16. The third-order valence-corrected chi connectivity index (χ3v) is 6.52. The average Bonchev–Trinajstić information content (AvgIpc) is 2.86. The van der Waals surface area contributed by atoms with Gasteiger partial charge in [0.05, 0.1) is 21.9 Å². The largest absolute Gasteiger partial charge is 0.387 e. The molecule has 3 unspecified atom stereocenters. The Kier molecular flexibility index (Phi) is 4.81. The van der Waals surface area contributed by atoms with E-state index in [0.717, 1.165) is 23.4 Å². The highest BCUT2D eigenvalue weighted by atomic mass is 32.2. The molecule has 0 spiro atoms. The fourth-order valence-electron chi connectivity index (χ4n) is 2.88. The lowest BCUT2D eigenvalue weighted by Crippen LogP contribution is -2.30. The van der Waals surface area contributed by atoms with Crippen LogP contribution in [0.1, 0.15) is 62.1 Å². The molecule has 1 fully saturated rings. The van der Waals surface area contributed by atoms with E-state index in [0.29, 0.717) is 12.8 Å². The summed E-state index contributed by atoms with van der Waals surface area (Å²) in [5.74, 6) is 0.205. The summed E-state index contributed by atoms with van der Waals surface area (Å²) >= 11 is 1.23. The first-order chi connectivity index (χ1) is 9.30. The maximum Gasteiger partial charge on any atom is 0.150 e. The summed E-state index contributed by atoms with van der Waals surface area (Å²) < 4.78 is 27.4. The Labute approximate surface area is 124 Å². The van der Waals surface area contributed by atoms with Gasteiger partial charge in [-0.05, 0) is 42.6 Å². The summed E-state index contributed by atoms with van der Waals surface area (Å²) in [5.41, 5.74) is 0.837. The first-order valence-corrected chi connectivity index (χ1v) is 9.72. The molecule has 1 aliphatic rings. The van der Waals surface area contributed by atoms with Crippen molar-refractivity contribution in [3.63, 3.8) is 0 Å². The van der Waals surface area contributed by atoms with Crippen LogP contribution in [0.25, 0.3) is 0 Å². The van der Waals surface area contributed by atoms with Gasteiger partial charge in [0.25, 0.3) is 0 Å². The Morgan fingerprint density at radius 1 is 1.35 bits per heavy atom. The van der Waals surface area contributed by atoms with Crippen LogP contribution in [0.2, 0.25) is 0 Å². The molecule has 1 saturated carbocycles. The Hall–Kier alpha value is -0.530. The van der Waals surface area contributed by atoms with Gasteiger partial charge in [0.15, 0.2) is 0 Å². The van der Waals surface area contributed by atoms with Crippen molar-refractivity contribution in [2.24, 2.45) is 5.92 Å². The van der Waals surface area contributed by atoms with E-state index in [9.17, 15) is 13.5 Å². The van der Waals surface area contributed by atoms with Crippen LogP contribution < -0.4 is 0 Å². The second-order valence-corrected chi connectivity index (χ2v) is 9.11. The summed E-state index contributed by atoms with van der Waals surface area (Å²) in [6.07, 6.45) is 3.61. The Morgan fingerprint density at radius 2 is 2.05 bits per heavy atom. The topological polar surface area (TPSA) is 80.2 Å². The van der Waals surface area contributed by atoms with Crippen molar-refractivity contribution in [3.8, 4) is 0 Å². The molecule has 0 amide bonds. The summed E-state index contributed by atoms with van der Waals surface area (Å²) in [5, 5.41) is 14.4. The quantitative estimate of drug-likeness (QED) is 0.921. The maximum atomic E-state index is 11.7. The SMILES string of the molecule is CC(C)c1nnsc1C(O)C1CCCC(S(C)(=O)=O)C1. The monoisotopic (exact) mass is 318 g/mol. The molecule has 0 aromatic carbocycles. The molecule has 1 heterocycles. The third-order valence-electron chi connectivity index (χ3n) is 4.07. The van der Waals surface area contributed by atoms with Crippen LogP contribution in [0, 0.1) is 5.92 Å². The maximum absolute atomic E-state index is 11.7. The van der Waals surface area contributed by atoms with E-state index in [1.165, 1.54) is 17.8 Å². The van der Waals surface area contributed by atoms with Gasteiger partial charge in [-0.15, -0.1) is 5.10 Å². The number of rotatable bonds is 4. The van der Waals surface area contributed by atoms with Crippen LogP contribution in [-0.2, 0) is 9.84 Å². The zero-order valence-corrected chi connectivity index (χ0v) is 13.7. The van der Waals surface area contributed by atoms with Crippen molar-refractivity contribution in [1.82, 2.24) is 9.59 Å². The predicted octanol–water partition coefficient (Wildman–Crippen LogP) is 2.30. The summed E-state index contributed by atoms with van der Waals surface area (Å²) in [6.45, 7) is 4.04. The number of aliphatic hydroxyl groups is 1. The van der Waals surface area contributed by atoms with Gasteiger partial charge in [0, 0.05) is 6.26 Å². The molecule has 0 aliphatic heterocycles. The molecule has 20 heavy (non-hydrogen) atoms. The average molecular weight is 318 g/mol. The minimum absolute atomic E-state index is 0.0109. The molecule has 3 atom stereocenters. The van der Waals surface area contributed by atoms with Crippen LogP contribution in [0.3, 0.4) is 0 Å². The standard InChI is InChI=1S/C13H22N2O3S2/c1-8(2)11-13(19-15-14-11)12(16)9-5-4-6-10(7-9)20(3,17)18/h8-10,12,16H,4-7H2,1-3H3. The highest BCUT2D eigenvalue weighted by Crippen LogP contribution is 2.39. The minimum atomic E-state index is -3.03. The Bertz CT molecular complexity index is 554. The first-order valence-electron chi connectivity index (χ1n) is 6.99. The third kappa shape index (κ3) is 3.38. The lowest BCUT2D eigenvalue weighted by molar-refractivity contribution is 0.0876. The van der Waals surface area contributed by atoms with Crippen LogP contribution in [0.4, 0.5) is 0 Å². The van der Waals surface area contributed by atoms with Gasteiger partial charge in [0.1, 0.15) is 9.84 Å². The molecular formula is C13H22N2O3S2. The second kappa shape index (κ2) is 6.07. The molecule has 0 radical (unpaired) electrons. The molecule has 114 valence electrons. The van der Waals surface area contributed by atoms with Gasteiger partial charge in [-0.2, -0.15) is 0 Å². The zero-order chi connectivity index (χ0) is 14.9. The van der Waals surface area contributed by atoms with Crippen LogP contribution in [-0.4, -0.2) is 34.6 Å². The van der Waals surface area contributed by atoms with Crippen molar-refractivity contribution in [1.29, 1.82) is 0 Å². The minimum Gasteiger partial charge on any atom is -0.387 e. The zero-order valence-electron chi connectivity index (χ0n) is 12.1.